The smallest absolute Gasteiger partial charge is 0.230 e. The maximum absolute atomic E-state index is 11.9. The van der Waals surface area contributed by atoms with Crippen molar-refractivity contribution in [3.05, 3.63) is 53.9 Å². The second kappa shape index (κ2) is 6.68. The van der Waals surface area contributed by atoms with E-state index in [9.17, 15) is 4.79 Å². The Morgan fingerprint density at radius 2 is 2.20 bits per heavy atom. The van der Waals surface area contributed by atoms with E-state index in [2.05, 4.69) is 10.3 Å². The maximum atomic E-state index is 11.9. The minimum absolute atomic E-state index is 0.114. The SMILES string of the molecule is COCc1cccc(NC(=O)Cc2ccc(N)cn2)c1. The van der Waals surface area contributed by atoms with Crippen LogP contribution in [-0.4, -0.2) is 18.0 Å². The number of carbonyl (C=O) groups excluding carboxylic acids is 1. The van der Waals surface area contributed by atoms with Gasteiger partial charge in [-0.1, -0.05) is 12.1 Å². The highest BCUT2D eigenvalue weighted by Crippen LogP contribution is 2.12. The molecule has 0 bridgehead atoms. The largest absolute Gasteiger partial charge is 0.397 e. The van der Waals surface area contributed by atoms with Gasteiger partial charge in [-0.2, -0.15) is 0 Å². The molecule has 0 aliphatic carbocycles. The number of amides is 1. The van der Waals surface area contributed by atoms with Gasteiger partial charge in [-0.05, 0) is 29.8 Å². The van der Waals surface area contributed by atoms with Crippen molar-refractivity contribution in [3.63, 3.8) is 0 Å². The van der Waals surface area contributed by atoms with Crippen molar-refractivity contribution in [1.82, 2.24) is 4.98 Å². The number of anilines is 2. The van der Waals surface area contributed by atoms with Gasteiger partial charge < -0.3 is 15.8 Å². The molecule has 20 heavy (non-hydrogen) atoms. The number of nitrogens with two attached hydrogens (primary N) is 1. The molecule has 0 saturated heterocycles. The van der Waals surface area contributed by atoms with E-state index in [-0.39, 0.29) is 12.3 Å². The highest BCUT2D eigenvalue weighted by Gasteiger charge is 2.05. The Labute approximate surface area is 117 Å². The van der Waals surface area contributed by atoms with Crippen LogP contribution in [0, 0.1) is 0 Å². The van der Waals surface area contributed by atoms with E-state index in [4.69, 9.17) is 10.5 Å². The van der Waals surface area contributed by atoms with Gasteiger partial charge in [0.05, 0.1) is 24.9 Å². The predicted octanol–water partition coefficient (Wildman–Crippen LogP) is 1.99. The molecule has 5 nitrogen and oxygen atoms in total. The Morgan fingerprint density at radius 1 is 1.35 bits per heavy atom. The summed E-state index contributed by atoms with van der Waals surface area (Å²) in [6.07, 6.45) is 1.76. The molecule has 1 aromatic heterocycles. The fourth-order valence-electron chi connectivity index (χ4n) is 1.82. The van der Waals surface area contributed by atoms with Crippen LogP contribution < -0.4 is 11.1 Å². The van der Waals surface area contributed by atoms with Crippen molar-refractivity contribution < 1.29 is 9.53 Å². The second-order valence-electron chi connectivity index (χ2n) is 4.44. The van der Waals surface area contributed by atoms with Gasteiger partial charge in [0.2, 0.25) is 5.91 Å². The second-order valence-corrected chi connectivity index (χ2v) is 4.44. The summed E-state index contributed by atoms with van der Waals surface area (Å²) in [6, 6.07) is 11.0. The number of aromatic nitrogens is 1. The van der Waals surface area contributed by atoms with Crippen molar-refractivity contribution in [2.45, 2.75) is 13.0 Å². The molecular formula is C15H17N3O2. The third kappa shape index (κ3) is 4.07. The molecule has 0 saturated carbocycles. The summed E-state index contributed by atoms with van der Waals surface area (Å²) < 4.78 is 5.06. The molecule has 0 aliphatic heterocycles. The highest BCUT2D eigenvalue weighted by atomic mass is 16.5. The topological polar surface area (TPSA) is 77.2 Å². The number of rotatable bonds is 5. The van der Waals surface area contributed by atoms with Gasteiger partial charge in [0.15, 0.2) is 0 Å². The van der Waals surface area contributed by atoms with Crippen LogP contribution in [-0.2, 0) is 22.6 Å². The molecular weight excluding hydrogens is 254 g/mol. The first-order valence-corrected chi connectivity index (χ1v) is 6.25. The molecule has 5 heteroatoms. The van der Waals surface area contributed by atoms with Crippen LogP contribution in [0.25, 0.3) is 0 Å². The number of hydrogen-bond donors (Lipinski definition) is 2. The summed E-state index contributed by atoms with van der Waals surface area (Å²) in [5, 5.41) is 2.84. The summed E-state index contributed by atoms with van der Waals surface area (Å²) in [5.41, 5.74) is 8.58. The molecule has 3 N–H and O–H groups in total. The third-order valence-corrected chi connectivity index (χ3v) is 2.71. The number of methoxy groups -OCH3 is 1. The Hall–Kier alpha value is -2.40. The molecule has 1 amide bonds. The number of hydrogen-bond acceptors (Lipinski definition) is 4. The summed E-state index contributed by atoms with van der Waals surface area (Å²) in [7, 11) is 1.64. The lowest BCUT2D eigenvalue weighted by molar-refractivity contribution is -0.115. The van der Waals surface area contributed by atoms with Gasteiger partial charge in [0.25, 0.3) is 0 Å². The van der Waals surface area contributed by atoms with E-state index in [1.807, 2.05) is 24.3 Å². The molecule has 1 heterocycles. The number of benzene rings is 1. The fraction of sp³-hybridized carbons (Fsp3) is 0.200. The summed E-state index contributed by atoms with van der Waals surface area (Å²) >= 11 is 0. The Morgan fingerprint density at radius 3 is 2.90 bits per heavy atom. The van der Waals surface area contributed by atoms with Crippen LogP contribution >= 0.6 is 0 Å². The zero-order chi connectivity index (χ0) is 14.4. The molecule has 1 aromatic carbocycles. The van der Waals surface area contributed by atoms with E-state index in [1.54, 1.807) is 25.4 Å². The standard InChI is InChI=1S/C15H17N3O2/c1-20-10-11-3-2-4-14(7-11)18-15(19)8-13-6-5-12(16)9-17-13/h2-7,9H,8,10,16H2,1H3,(H,18,19). The van der Waals surface area contributed by atoms with Gasteiger partial charge in [0, 0.05) is 18.5 Å². The Balaban J connectivity index is 1.97. The summed E-state index contributed by atoms with van der Waals surface area (Å²) in [4.78, 5) is 16.0. The zero-order valence-corrected chi connectivity index (χ0v) is 11.3. The molecule has 104 valence electrons. The lowest BCUT2D eigenvalue weighted by Crippen LogP contribution is -2.15. The van der Waals surface area contributed by atoms with E-state index >= 15 is 0 Å². The molecule has 0 aliphatic rings. The first-order valence-electron chi connectivity index (χ1n) is 6.25. The maximum Gasteiger partial charge on any atom is 0.230 e. The van der Waals surface area contributed by atoms with Crippen LogP contribution in [0.4, 0.5) is 11.4 Å². The third-order valence-electron chi connectivity index (χ3n) is 2.71. The number of nitrogens with zero attached hydrogens (tertiary/aromatic N) is 1. The molecule has 2 aromatic rings. The fourth-order valence-corrected chi connectivity index (χ4v) is 1.82. The first-order chi connectivity index (χ1) is 9.67. The van der Waals surface area contributed by atoms with Crippen molar-refractivity contribution >= 4 is 17.3 Å². The average Bonchev–Trinajstić information content (AvgIpc) is 2.42. The number of nitrogens with one attached hydrogen (secondary N) is 1. The van der Waals surface area contributed by atoms with Crippen molar-refractivity contribution in [1.29, 1.82) is 0 Å². The molecule has 2 rings (SSSR count). The molecule has 0 spiro atoms. The monoisotopic (exact) mass is 271 g/mol. The van der Waals surface area contributed by atoms with Gasteiger partial charge in [0.1, 0.15) is 0 Å². The first kappa shape index (κ1) is 14.0. The Kier molecular flexibility index (Phi) is 4.68. The number of ether oxygens (including phenoxy) is 1. The lowest BCUT2D eigenvalue weighted by atomic mass is 10.2. The van der Waals surface area contributed by atoms with Gasteiger partial charge in [-0.3, -0.25) is 9.78 Å². The van der Waals surface area contributed by atoms with E-state index < -0.39 is 0 Å². The van der Waals surface area contributed by atoms with Crippen LogP contribution in [0.1, 0.15) is 11.3 Å². The summed E-state index contributed by atoms with van der Waals surface area (Å²) in [6.45, 7) is 0.517. The van der Waals surface area contributed by atoms with E-state index in [0.717, 1.165) is 11.3 Å². The van der Waals surface area contributed by atoms with E-state index in [0.29, 0.717) is 18.0 Å². The van der Waals surface area contributed by atoms with Crippen LogP contribution in [0.2, 0.25) is 0 Å². The normalized spacial score (nSPS) is 10.2. The minimum Gasteiger partial charge on any atom is -0.397 e. The van der Waals surface area contributed by atoms with E-state index in [1.165, 1.54) is 0 Å². The van der Waals surface area contributed by atoms with Crippen molar-refractivity contribution in [2.24, 2.45) is 0 Å². The molecule has 0 radical (unpaired) electrons. The number of nitrogen functional groups attached to an aromatic ring is 1. The van der Waals surface area contributed by atoms with Gasteiger partial charge in [-0.15, -0.1) is 0 Å². The highest BCUT2D eigenvalue weighted by molar-refractivity contribution is 5.92. The number of pyridine rings is 1. The zero-order valence-electron chi connectivity index (χ0n) is 11.3. The lowest BCUT2D eigenvalue weighted by Gasteiger charge is -2.07. The van der Waals surface area contributed by atoms with Gasteiger partial charge in [-0.25, -0.2) is 0 Å². The quantitative estimate of drug-likeness (QED) is 0.871. The number of carbonyl (C=O) groups is 1. The molecule has 0 unspecified atom stereocenters. The van der Waals surface area contributed by atoms with Crippen molar-refractivity contribution in [2.75, 3.05) is 18.2 Å². The van der Waals surface area contributed by atoms with Crippen molar-refractivity contribution in [3.8, 4) is 0 Å². The summed E-state index contributed by atoms with van der Waals surface area (Å²) in [5.74, 6) is -0.114. The average molecular weight is 271 g/mol. The van der Waals surface area contributed by atoms with Crippen LogP contribution in [0.5, 0.6) is 0 Å². The van der Waals surface area contributed by atoms with Crippen LogP contribution in [0.3, 0.4) is 0 Å². The van der Waals surface area contributed by atoms with Crippen LogP contribution in [0.15, 0.2) is 42.6 Å². The molecule has 0 atom stereocenters. The van der Waals surface area contributed by atoms with Gasteiger partial charge >= 0.3 is 0 Å². The molecule has 0 fully saturated rings. The minimum atomic E-state index is -0.114. The predicted molar refractivity (Wildman–Crippen MR) is 78.1 cm³/mol. The Bertz CT molecular complexity index is 582.